The molecule has 1 amide bonds. The zero-order valence-electron chi connectivity index (χ0n) is 15.5. The molecule has 0 bridgehead atoms. The monoisotopic (exact) mass is 370 g/mol. The second-order valence-electron chi connectivity index (χ2n) is 6.70. The van der Waals surface area contributed by atoms with Crippen molar-refractivity contribution in [3.63, 3.8) is 0 Å². The Morgan fingerprint density at radius 1 is 1.31 bits per heavy atom. The van der Waals surface area contributed by atoms with Crippen LogP contribution in [0.15, 0.2) is 36.7 Å². The molecule has 1 aromatic carbocycles. The number of fused-ring (bicyclic) bond motifs is 1. The molecule has 0 N–H and O–H groups in total. The molecule has 0 spiro atoms. The van der Waals surface area contributed by atoms with E-state index < -0.39 is 0 Å². The maximum atomic E-state index is 13.4. The Balaban J connectivity index is 2.00. The maximum Gasteiger partial charge on any atom is 0.255 e. The van der Waals surface area contributed by atoms with Crippen molar-refractivity contribution in [1.29, 1.82) is 0 Å². The molecule has 2 aromatic heterocycles. The van der Waals surface area contributed by atoms with Crippen LogP contribution >= 0.6 is 11.6 Å². The first-order chi connectivity index (χ1) is 12.4. The minimum Gasteiger partial charge on any atom is -0.332 e. The van der Waals surface area contributed by atoms with E-state index in [-0.39, 0.29) is 11.9 Å². The number of aromatic nitrogens is 3. The summed E-state index contributed by atoms with van der Waals surface area (Å²) >= 11 is 6.09. The number of aryl methyl sites for hydroxylation is 2. The molecule has 2 heterocycles. The normalized spacial score (nSPS) is 11.3. The van der Waals surface area contributed by atoms with Gasteiger partial charge in [-0.3, -0.25) is 14.5 Å². The van der Waals surface area contributed by atoms with Crippen LogP contribution in [0, 0.1) is 6.92 Å². The smallest absolute Gasteiger partial charge is 0.255 e. The van der Waals surface area contributed by atoms with Gasteiger partial charge in [0.05, 0.1) is 17.3 Å². The predicted octanol–water partition coefficient (Wildman–Crippen LogP) is 4.46. The lowest BCUT2D eigenvalue weighted by atomic mass is 10.1. The number of amides is 1. The van der Waals surface area contributed by atoms with E-state index in [1.807, 2.05) is 61.8 Å². The van der Waals surface area contributed by atoms with Gasteiger partial charge < -0.3 is 4.90 Å². The predicted molar refractivity (Wildman–Crippen MR) is 104 cm³/mol. The van der Waals surface area contributed by atoms with Gasteiger partial charge >= 0.3 is 0 Å². The highest BCUT2D eigenvalue weighted by molar-refractivity contribution is 6.31. The summed E-state index contributed by atoms with van der Waals surface area (Å²) in [6.45, 7) is 9.31. The van der Waals surface area contributed by atoms with E-state index >= 15 is 0 Å². The van der Waals surface area contributed by atoms with Gasteiger partial charge in [0.15, 0.2) is 0 Å². The zero-order valence-corrected chi connectivity index (χ0v) is 16.3. The highest BCUT2D eigenvalue weighted by Crippen LogP contribution is 2.24. The molecule has 3 aromatic rings. The van der Waals surface area contributed by atoms with Gasteiger partial charge in [0.2, 0.25) is 0 Å². The number of rotatable bonds is 5. The van der Waals surface area contributed by atoms with E-state index in [1.165, 1.54) is 0 Å². The summed E-state index contributed by atoms with van der Waals surface area (Å²) in [6, 6.07) is 7.37. The van der Waals surface area contributed by atoms with Crippen molar-refractivity contribution in [2.45, 2.75) is 46.8 Å². The second-order valence-corrected chi connectivity index (χ2v) is 7.14. The molecule has 0 aliphatic carbocycles. The molecular formula is C20H23ClN4O. The summed E-state index contributed by atoms with van der Waals surface area (Å²) in [4.78, 5) is 19.7. The van der Waals surface area contributed by atoms with Crippen LogP contribution in [0.4, 0.5) is 0 Å². The van der Waals surface area contributed by atoms with Crippen molar-refractivity contribution in [2.75, 3.05) is 0 Å². The molecule has 26 heavy (non-hydrogen) atoms. The van der Waals surface area contributed by atoms with E-state index in [1.54, 1.807) is 12.1 Å². The largest absolute Gasteiger partial charge is 0.332 e. The summed E-state index contributed by atoms with van der Waals surface area (Å²) < 4.78 is 1.87. The van der Waals surface area contributed by atoms with Crippen LogP contribution in [0.2, 0.25) is 5.02 Å². The van der Waals surface area contributed by atoms with E-state index in [0.29, 0.717) is 17.1 Å². The Kier molecular flexibility index (Phi) is 5.28. The van der Waals surface area contributed by atoms with Gasteiger partial charge in [0.1, 0.15) is 0 Å². The minimum atomic E-state index is -0.0120. The van der Waals surface area contributed by atoms with Gasteiger partial charge in [-0.05, 0) is 45.9 Å². The average molecular weight is 371 g/mol. The van der Waals surface area contributed by atoms with Gasteiger partial charge in [0, 0.05) is 47.0 Å². The fraction of sp³-hybridized carbons (Fsp3) is 0.350. The first kappa shape index (κ1) is 18.4. The highest BCUT2D eigenvalue weighted by Gasteiger charge is 2.22. The molecule has 0 fully saturated rings. The summed E-state index contributed by atoms with van der Waals surface area (Å²) in [5.74, 6) is -0.0120. The van der Waals surface area contributed by atoms with Crippen LogP contribution in [0.25, 0.3) is 10.9 Å². The Hall–Kier alpha value is -2.40. The molecule has 5 nitrogen and oxygen atoms in total. The Morgan fingerprint density at radius 3 is 2.73 bits per heavy atom. The summed E-state index contributed by atoms with van der Waals surface area (Å²) in [6.07, 6.45) is 3.81. The van der Waals surface area contributed by atoms with Crippen molar-refractivity contribution >= 4 is 28.4 Å². The lowest BCUT2D eigenvalue weighted by Gasteiger charge is -2.27. The van der Waals surface area contributed by atoms with Crippen molar-refractivity contribution in [3.05, 3.63) is 58.5 Å². The fourth-order valence-corrected chi connectivity index (χ4v) is 3.18. The molecule has 0 unspecified atom stereocenters. The van der Waals surface area contributed by atoms with E-state index in [9.17, 15) is 4.79 Å². The van der Waals surface area contributed by atoms with E-state index in [2.05, 4.69) is 10.1 Å². The lowest BCUT2D eigenvalue weighted by Crippen LogP contribution is -2.36. The van der Waals surface area contributed by atoms with E-state index in [4.69, 9.17) is 11.6 Å². The third-order valence-electron chi connectivity index (χ3n) is 4.38. The SMILES string of the molecule is CCn1cc(CN(C(=O)c2cc(C)nc3cc(Cl)ccc23)C(C)C)cn1. The van der Waals surface area contributed by atoms with Crippen LogP contribution in [0.3, 0.4) is 0 Å². The van der Waals surface area contributed by atoms with Gasteiger partial charge in [-0.2, -0.15) is 5.10 Å². The average Bonchev–Trinajstić information content (AvgIpc) is 3.05. The van der Waals surface area contributed by atoms with Crippen LogP contribution < -0.4 is 0 Å². The number of carbonyl (C=O) groups is 1. The Labute approximate surface area is 158 Å². The molecule has 0 aliphatic rings. The summed E-state index contributed by atoms with van der Waals surface area (Å²) in [7, 11) is 0. The first-order valence-corrected chi connectivity index (χ1v) is 9.16. The number of halogens is 1. The highest BCUT2D eigenvalue weighted by atomic mass is 35.5. The summed E-state index contributed by atoms with van der Waals surface area (Å²) in [5.41, 5.74) is 3.21. The minimum absolute atomic E-state index is 0.0120. The van der Waals surface area contributed by atoms with Crippen molar-refractivity contribution in [1.82, 2.24) is 19.7 Å². The van der Waals surface area contributed by atoms with Crippen molar-refractivity contribution in [2.24, 2.45) is 0 Å². The molecule has 0 saturated carbocycles. The van der Waals surface area contributed by atoms with Crippen molar-refractivity contribution in [3.8, 4) is 0 Å². The number of nitrogens with zero attached hydrogens (tertiary/aromatic N) is 4. The molecule has 3 rings (SSSR count). The molecule has 0 atom stereocenters. The maximum absolute atomic E-state index is 13.4. The number of hydrogen-bond donors (Lipinski definition) is 0. The Bertz CT molecular complexity index is 943. The number of carbonyl (C=O) groups excluding carboxylic acids is 1. The molecule has 0 radical (unpaired) electrons. The van der Waals surface area contributed by atoms with Crippen molar-refractivity contribution < 1.29 is 4.79 Å². The van der Waals surface area contributed by atoms with Gasteiger partial charge in [-0.15, -0.1) is 0 Å². The number of hydrogen-bond acceptors (Lipinski definition) is 3. The van der Waals surface area contributed by atoms with Gasteiger partial charge in [-0.25, -0.2) is 0 Å². The third-order valence-corrected chi connectivity index (χ3v) is 4.61. The standard InChI is InChI=1S/C20H23ClN4O/c1-5-24-11-15(10-22-24)12-25(13(2)3)20(26)18-8-14(4)23-19-9-16(21)6-7-17(18)19/h6-11,13H,5,12H2,1-4H3. The third kappa shape index (κ3) is 3.73. The lowest BCUT2D eigenvalue weighted by molar-refractivity contribution is 0.0692. The molecular weight excluding hydrogens is 348 g/mol. The number of pyridine rings is 1. The fourth-order valence-electron chi connectivity index (χ4n) is 3.01. The first-order valence-electron chi connectivity index (χ1n) is 8.78. The van der Waals surface area contributed by atoms with E-state index in [0.717, 1.165) is 28.7 Å². The number of benzene rings is 1. The molecule has 6 heteroatoms. The topological polar surface area (TPSA) is 51.0 Å². The van der Waals surface area contributed by atoms with Gasteiger partial charge in [-0.1, -0.05) is 17.7 Å². The zero-order chi connectivity index (χ0) is 18.8. The summed E-state index contributed by atoms with van der Waals surface area (Å²) in [5, 5.41) is 5.74. The Morgan fingerprint density at radius 2 is 2.08 bits per heavy atom. The quantitative estimate of drug-likeness (QED) is 0.666. The van der Waals surface area contributed by atoms with Gasteiger partial charge in [0.25, 0.3) is 5.91 Å². The van der Waals surface area contributed by atoms with Crippen LogP contribution in [0.5, 0.6) is 0 Å². The molecule has 0 aliphatic heterocycles. The second kappa shape index (κ2) is 7.46. The van der Waals surface area contributed by atoms with Crippen LogP contribution in [0.1, 0.15) is 42.4 Å². The van der Waals surface area contributed by atoms with Crippen LogP contribution in [-0.2, 0) is 13.1 Å². The van der Waals surface area contributed by atoms with Crippen LogP contribution in [-0.4, -0.2) is 31.6 Å². The molecule has 0 saturated heterocycles. The molecule has 136 valence electrons.